The van der Waals surface area contributed by atoms with Crippen LogP contribution in [0.4, 0.5) is 5.82 Å². The standard InChI is InChI=1S/C14H18ClN5/c1-9(8-20-7-3-6-16-20)17-13-10(2)12(15)18-14(19-13)11-4-5-11/h3,6-7,9,11H,4-5,8H2,1-2H3,(H,17,18,19). The molecule has 0 saturated heterocycles. The van der Waals surface area contributed by atoms with Crippen LogP contribution in [-0.2, 0) is 6.54 Å². The van der Waals surface area contributed by atoms with Gasteiger partial charge in [-0.1, -0.05) is 11.6 Å². The summed E-state index contributed by atoms with van der Waals surface area (Å²) in [6.07, 6.45) is 6.07. The highest BCUT2D eigenvalue weighted by atomic mass is 35.5. The Balaban J connectivity index is 1.75. The van der Waals surface area contributed by atoms with Crippen molar-refractivity contribution in [3.8, 4) is 0 Å². The minimum absolute atomic E-state index is 0.214. The van der Waals surface area contributed by atoms with Crippen LogP contribution in [0.1, 0.15) is 37.1 Å². The van der Waals surface area contributed by atoms with Crippen LogP contribution in [0, 0.1) is 6.92 Å². The number of nitrogens with one attached hydrogen (secondary N) is 1. The maximum atomic E-state index is 6.21. The van der Waals surface area contributed by atoms with Crippen LogP contribution in [0.5, 0.6) is 0 Å². The molecule has 5 nitrogen and oxygen atoms in total. The largest absolute Gasteiger partial charge is 0.365 e. The van der Waals surface area contributed by atoms with E-state index in [-0.39, 0.29) is 6.04 Å². The molecule has 3 rings (SSSR count). The fourth-order valence-electron chi connectivity index (χ4n) is 2.14. The van der Waals surface area contributed by atoms with Gasteiger partial charge in [0.15, 0.2) is 0 Å². The smallest absolute Gasteiger partial charge is 0.137 e. The monoisotopic (exact) mass is 291 g/mol. The molecule has 6 heteroatoms. The predicted octanol–water partition coefficient (Wildman–Crippen LogP) is 3.01. The van der Waals surface area contributed by atoms with Gasteiger partial charge in [0.25, 0.3) is 0 Å². The van der Waals surface area contributed by atoms with Gasteiger partial charge in [-0.15, -0.1) is 0 Å². The van der Waals surface area contributed by atoms with Crippen LogP contribution in [0.3, 0.4) is 0 Å². The first-order chi connectivity index (χ1) is 9.63. The first-order valence-electron chi connectivity index (χ1n) is 6.91. The maximum Gasteiger partial charge on any atom is 0.137 e. The van der Waals surface area contributed by atoms with Gasteiger partial charge in [-0.05, 0) is 32.8 Å². The van der Waals surface area contributed by atoms with Crippen molar-refractivity contribution in [2.45, 2.75) is 45.2 Å². The van der Waals surface area contributed by atoms with E-state index in [1.807, 2.05) is 23.9 Å². The molecule has 106 valence electrons. The van der Waals surface area contributed by atoms with Crippen molar-refractivity contribution in [3.05, 3.63) is 35.0 Å². The van der Waals surface area contributed by atoms with Crippen molar-refractivity contribution in [2.24, 2.45) is 0 Å². The second-order valence-electron chi connectivity index (χ2n) is 5.39. The summed E-state index contributed by atoms with van der Waals surface area (Å²) in [7, 11) is 0. The van der Waals surface area contributed by atoms with E-state index in [0.29, 0.717) is 11.1 Å². The number of hydrogen-bond donors (Lipinski definition) is 1. The molecule has 2 aromatic heterocycles. The van der Waals surface area contributed by atoms with Crippen LogP contribution >= 0.6 is 11.6 Å². The zero-order chi connectivity index (χ0) is 14.1. The summed E-state index contributed by atoms with van der Waals surface area (Å²) in [6, 6.07) is 2.14. The zero-order valence-electron chi connectivity index (χ0n) is 11.7. The van der Waals surface area contributed by atoms with Gasteiger partial charge in [-0.25, -0.2) is 9.97 Å². The van der Waals surface area contributed by atoms with Gasteiger partial charge in [-0.3, -0.25) is 4.68 Å². The van der Waals surface area contributed by atoms with Crippen molar-refractivity contribution in [1.82, 2.24) is 19.7 Å². The average molecular weight is 292 g/mol. The minimum Gasteiger partial charge on any atom is -0.365 e. The molecule has 0 aliphatic heterocycles. The molecule has 1 saturated carbocycles. The SMILES string of the molecule is Cc1c(Cl)nc(C2CC2)nc1NC(C)Cn1cccn1. The van der Waals surface area contributed by atoms with Gasteiger partial charge in [0.2, 0.25) is 0 Å². The Hall–Kier alpha value is -1.62. The van der Waals surface area contributed by atoms with Crippen LogP contribution in [-0.4, -0.2) is 25.8 Å². The van der Waals surface area contributed by atoms with Gasteiger partial charge in [0, 0.05) is 29.9 Å². The van der Waals surface area contributed by atoms with Crippen LogP contribution in [0.15, 0.2) is 18.5 Å². The molecule has 1 unspecified atom stereocenters. The summed E-state index contributed by atoms with van der Waals surface area (Å²) in [4.78, 5) is 9.00. The van der Waals surface area contributed by atoms with Gasteiger partial charge in [0.05, 0.1) is 6.54 Å². The average Bonchev–Trinajstić information content (AvgIpc) is 3.14. The normalized spacial score (nSPS) is 16.1. The summed E-state index contributed by atoms with van der Waals surface area (Å²) in [5.74, 6) is 2.20. The van der Waals surface area contributed by atoms with Crippen molar-refractivity contribution >= 4 is 17.4 Å². The van der Waals surface area contributed by atoms with E-state index in [2.05, 4.69) is 27.3 Å². The number of anilines is 1. The highest BCUT2D eigenvalue weighted by Gasteiger charge is 2.28. The Bertz CT molecular complexity index is 592. The van der Waals surface area contributed by atoms with E-state index in [4.69, 9.17) is 11.6 Å². The van der Waals surface area contributed by atoms with Crippen LogP contribution in [0.2, 0.25) is 5.15 Å². The highest BCUT2D eigenvalue weighted by molar-refractivity contribution is 6.30. The molecule has 1 fully saturated rings. The van der Waals surface area contributed by atoms with E-state index < -0.39 is 0 Å². The number of hydrogen-bond acceptors (Lipinski definition) is 4. The molecular weight excluding hydrogens is 274 g/mol. The lowest BCUT2D eigenvalue weighted by atomic mass is 10.2. The summed E-state index contributed by atoms with van der Waals surface area (Å²) in [6.45, 7) is 4.84. The number of nitrogens with zero attached hydrogens (tertiary/aromatic N) is 4. The molecule has 1 aliphatic carbocycles. The topological polar surface area (TPSA) is 55.6 Å². The predicted molar refractivity (Wildman–Crippen MR) is 79.1 cm³/mol. The molecule has 2 heterocycles. The molecule has 0 radical (unpaired) electrons. The minimum atomic E-state index is 0.214. The van der Waals surface area contributed by atoms with E-state index >= 15 is 0 Å². The fourth-order valence-corrected chi connectivity index (χ4v) is 2.31. The number of halogens is 1. The fraction of sp³-hybridized carbons (Fsp3) is 0.500. The summed E-state index contributed by atoms with van der Waals surface area (Å²) < 4.78 is 1.90. The first-order valence-corrected chi connectivity index (χ1v) is 7.29. The second kappa shape index (κ2) is 5.40. The van der Waals surface area contributed by atoms with Crippen molar-refractivity contribution in [3.63, 3.8) is 0 Å². The highest BCUT2D eigenvalue weighted by Crippen LogP contribution is 2.39. The Morgan fingerprint density at radius 1 is 1.45 bits per heavy atom. The van der Waals surface area contributed by atoms with E-state index in [0.717, 1.165) is 23.8 Å². The lowest BCUT2D eigenvalue weighted by molar-refractivity contribution is 0.559. The van der Waals surface area contributed by atoms with Crippen molar-refractivity contribution in [1.29, 1.82) is 0 Å². The third-order valence-electron chi connectivity index (χ3n) is 3.45. The van der Waals surface area contributed by atoms with E-state index in [1.54, 1.807) is 6.20 Å². The molecule has 20 heavy (non-hydrogen) atoms. The van der Waals surface area contributed by atoms with Gasteiger partial charge < -0.3 is 5.32 Å². The summed E-state index contributed by atoms with van der Waals surface area (Å²) in [5.41, 5.74) is 0.906. The maximum absolute atomic E-state index is 6.21. The van der Waals surface area contributed by atoms with Crippen LogP contribution < -0.4 is 5.32 Å². The van der Waals surface area contributed by atoms with Crippen molar-refractivity contribution < 1.29 is 0 Å². The molecule has 0 aromatic carbocycles. The molecule has 1 N–H and O–H groups in total. The van der Waals surface area contributed by atoms with Crippen molar-refractivity contribution in [2.75, 3.05) is 5.32 Å². The molecule has 1 aliphatic rings. The number of rotatable bonds is 5. The summed E-state index contributed by atoms with van der Waals surface area (Å²) >= 11 is 6.21. The van der Waals surface area contributed by atoms with Crippen LogP contribution in [0.25, 0.3) is 0 Å². The Morgan fingerprint density at radius 3 is 2.90 bits per heavy atom. The van der Waals surface area contributed by atoms with Gasteiger partial charge in [-0.2, -0.15) is 5.10 Å². The number of aromatic nitrogens is 4. The zero-order valence-corrected chi connectivity index (χ0v) is 12.4. The lowest BCUT2D eigenvalue weighted by Gasteiger charge is -2.17. The first kappa shape index (κ1) is 13.4. The third kappa shape index (κ3) is 2.93. The molecular formula is C14H18ClN5. The van der Waals surface area contributed by atoms with E-state index in [9.17, 15) is 0 Å². The molecule has 2 aromatic rings. The lowest BCUT2D eigenvalue weighted by Crippen LogP contribution is -2.23. The Labute approximate surface area is 123 Å². The molecule has 0 spiro atoms. The van der Waals surface area contributed by atoms with Gasteiger partial charge >= 0.3 is 0 Å². The summed E-state index contributed by atoms with van der Waals surface area (Å²) in [5, 5.41) is 8.18. The molecule has 0 bridgehead atoms. The third-order valence-corrected chi connectivity index (χ3v) is 3.82. The quantitative estimate of drug-likeness (QED) is 0.861. The Kier molecular flexibility index (Phi) is 3.61. The Morgan fingerprint density at radius 2 is 2.25 bits per heavy atom. The second-order valence-corrected chi connectivity index (χ2v) is 5.75. The van der Waals surface area contributed by atoms with E-state index in [1.165, 1.54) is 12.8 Å². The molecule has 1 atom stereocenters. The van der Waals surface area contributed by atoms with Gasteiger partial charge in [0.1, 0.15) is 16.8 Å². The molecule has 0 amide bonds.